The number of benzene rings is 17. The number of thiophene rings is 1. The van der Waals surface area contributed by atoms with Gasteiger partial charge < -0.3 is 22.5 Å². The van der Waals surface area contributed by atoms with Crippen molar-refractivity contribution in [2.45, 2.75) is 0 Å². The molecule has 23 rings (SSSR count). The van der Waals surface area contributed by atoms with Crippen LogP contribution >= 0.6 is 11.3 Å². The minimum absolute atomic E-state index is 0.850. The summed E-state index contributed by atoms with van der Waals surface area (Å²) in [7, 11) is -3.06. The van der Waals surface area contributed by atoms with E-state index in [4.69, 9.17) is 8.83 Å². The Morgan fingerprint density at radius 2 is 0.596 bits per heavy atom. The van der Waals surface area contributed by atoms with Crippen LogP contribution in [-0.4, -0.2) is 21.8 Å². The molecule has 7 heteroatoms. The normalized spacial score (nSPS) is 12.2. The first kappa shape index (κ1) is 61.5. The summed E-state index contributed by atoms with van der Waals surface area (Å²) in [5.41, 5.74) is 23.1. The van der Waals surface area contributed by atoms with Gasteiger partial charge in [0, 0.05) is 91.1 Å². The third-order valence-corrected chi connectivity index (χ3v) is 29.1. The predicted molar refractivity (Wildman–Crippen MR) is 462 cm³/mol. The van der Waals surface area contributed by atoms with E-state index in [1.54, 1.807) is 0 Å². The van der Waals surface area contributed by atoms with E-state index >= 15 is 0 Å². The zero-order valence-electron chi connectivity index (χ0n) is 58.9. The van der Waals surface area contributed by atoms with Crippen molar-refractivity contribution in [1.29, 1.82) is 0 Å². The van der Waals surface area contributed by atoms with Crippen LogP contribution in [0.25, 0.3) is 191 Å². The fourth-order valence-electron chi connectivity index (χ4n) is 18.4. The molecule has 0 atom stereocenters. The van der Waals surface area contributed by atoms with E-state index in [0.29, 0.717) is 0 Å². The molecule has 0 N–H and O–H groups in total. The highest BCUT2D eigenvalue weighted by molar-refractivity contribution is 7.26. The van der Waals surface area contributed by atoms with E-state index in [2.05, 4.69) is 396 Å². The van der Waals surface area contributed by atoms with E-state index in [-0.39, 0.29) is 0 Å². The van der Waals surface area contributed by atoms with Crippen LogP contribution in [0.3, 0.4) is 0 Å². The average Bonchev–Trinajstić information content (AvgIpc) is 0.892. The molecule has 0 bridgehead atoms. The smallest absolute Gasteiger partial charge is 0.179 e. The van der Waals surface area contributed by atoms with Crippen LogP contribution in [0.15, 0.2) is 391 Å². The molecule has 0 radical (unpaired) electrons. The second-order valence-electron chi connectivity index (χ2n) is 29.0. The zero-order chi connectivity index (χ0) is 71.4. The third kappa shape index (κ3) is 9.37. The summed E-state index contributed by atoms with van der Waals surface area (Å²) in [6.07, 6.45) is 0. The molecule has 0 amide bonds. The van der Waals surface area contributed by atoms with Gasteiger partial charge >= 0.3 is 0 Å². The first-order valence-electron chi connectivity index (χ1n) is 37.3. The molecule has 0 aliphatic heterocycles. The summed E-state index contributed by atoms with van der Waals surface area (Å²) in [5.74, 6) is 0. The van der Waals surface area contributed by atoms with Gasteiger partial charge in [-0.1, -0.05) is 255 Å². The number of hydrogen-bond donors (Lipinski definition) is 0. The van der Waals surface area contributed by atoms with Crippen LogP contribution in [-0.2, 0) is 0 Å². The Morgan fingerprint density at radius 3 is 1.22 bits per heavy atom. The lowest BCUT2D eigenvalue weighted by atomic mass is 9.97. The van der Waals surface area contributed by atoms with Gasteiger partial charge in [0.05, 0.1) is 33.1 Å². The van der Waals surface area contributed by atoms with Gasteiger partial charge in [-0.15, -0.1) is 11.3 Å². The molecular weight excluding hydrogens is 1360 g/mol. The molecule has 508 valence electrons. The Labute approximate surface area is 631 Å². The van der Waals surface area contributed by atoms with E-state index < -0.39 is 8.07 Å². The molecule has 0 saturated carbocycles. The molecule has 0 unspecified atom stereocenters. The Balaban J connectivity index is 0.612. The van der Waals surface area contributed by atoms with Gasteiger partial charge in [0.15, 0.2) is 8.07 Å². The monoisotopic (exact) mass is 1420 g/mol. The van der Waals surface area contributed by atoms with Gasteiger partial charge in [0.25, 0.3) is 0 Å². The van der Waals surface area contributed by atoms with Crippen molar-refractivity contribution in [2.24, 2.45) is 0 Å². The molecule has 17 aromatic carbocycles. The molecule has 6 aromatic heterocycles. The first-order chi connectivity index (χ1) is 54.0. The van der Waals surface area contributed by atoms with Crippen LogP contribution in [0.5, 0.6) is 0 Å². The van der Waals surface area contributed by atoms with Crippen LogP contribution in [0.1, 0.15) is 0 Å². The average molecular weight is 1420 g/mol. The lowest BCUT2D eigenvalue weighted by molar-refractivity contribution is 0.668. The van der Waals surface area contributed by atoms with Gasteiger partial charge in [-0.2, -0.15) is 0 Å². The Bertz CT molecular complexity index is 7600. The maximum Gasteiger partial charge on any atom is 0.179 e. The molecule has 0 saturated heterocycles. The first-order valence-corrected chi connectivity index (χ1v) is 40.2. The second-order valence-corrected chi connectivity index (χ2v) is 33.8. The van der Waals surface area contributed by atoms with Gasteiger partial charge in [-0.25, -0.2) is 0 Å². The van der Waals surface area contributed by atoms with E-state index in [1.165, 1.54) is 106 Å². The minimum atomic E-state index is -3.06. The maximum atomic E-state index is 6.69. The number of rotatable bonds is 11. The number of hydrogen-bond acceptors (Lipinski definition) is 3. The van der Waals surface area contributed by atoms with Gasteiger partial charge in [0.1, 0.15) is 22.3 Å². The largest absolute Gasteiger partial charge is 0.456 e. The van der Waals surface area contributed by atoms with E-state index in [1.807, 2.05) is 11.3 Å². The van der Waals surface area contributed by atoms with Crippen molar-refractivity contribution in [3.63, 3.8) is 0 Å². The fraction of sp³-hybridized carbons (Fsp3) is 0. The molecule has 0 fully saturated rings. The second kappa shape index (κ2) is 24.1. The van der Waals surface area contributed by atoms with Gasteiger partial charge in [0.2, 0.25) is 0 Å². The highest BCUT2D eigenvalue weighted by Crippen LogP contribution is 2.45. The topological polar surface area (TPSA) is 41.1 Å². The van der Waals surface area contributed by atoms with Crippen LogP contribution in [0.2, 0.25) is 0 Å². The van der Waals surface area contributed by atoms with Crippen molar-refractivity contribution in [2.75, 3.05) is 0 Å². The number of fused-ring (bicyclic) bond motifs is 18. The molecular formula is C102H63N3O2SSi. The van der Waals surface area contributed by atoms with Crippen molar-refractivity contribution >= 4 is 170 Å². The number of para-hydroxylation sites is 4. The summed E-state index contributed by atoms with van der Waals surface area (Å²) in [6.45, 7) is 0. The summed E-state index contributed by atoms with van der Waals surface area (Å²) in [4.78, 5) is 0. The fourth-order valence-corrected chi connectivity index (χ4v) is 24.4. The van der Waals surface area contributed by atoms with Crippen LogP contribution in [0, 0.1) is 0 Å². The highest BCUT2D eigenvalue weighted by atomic mass is 32.1. The van der Waals surface area contributed by atoms with Crippen molar-refractivity contribution < 1.29 is 8.83 Å². The van der Waals surface area contributed by atoms with Crippen LogP contribution in [0.4, 0.5) is 0 Å². The van der Waals surface area contributed by atoms with Crippen LogP contribution < -0.4 is 20.7 Å². The molecule has 23 aromatic rings. The highest BCUT2D eigenvalue weighted by Gasteiger charge is 2.42. The summed E-state index contributed by atoms with van der Waals surface area (Å²) < 4.78 is 23.2. The number of aromatic nitrogens is 3. The molecule has 0 aliphatic carbocycles. The summed E-state index contributed by atoms with van der Waals surface area (Å²) in [5, 5.41) is 19.6. The van der Waals surface area contributed by atoms with Crippen molar-refractivity contribution in [1.82, 2.24) is 13.7 Å². The minimum Gasteiger partial charge on any atom is -0.456 e. The van der Waals surface area contributed by atoms with Gasteiger partial charge in [-0.3, -0.25) is 0 Å². The number of nitrogens with zero attached hydrogens (tertiary/aromatic N) is 3. The lowest BCUT2D eigenvalue weighted by Crippen LogP contribution is -2.74. The molecule has 5 nitrogen and oxygen atoms in total. The SMILES string of the molecule is c1ccc([Si](c2ccccc2)(c2cccc(-c3cccc4c3sc3ccccc34)c2)c2cccc(-n3c4ccccc4c4cc(-c5cccc6c5c5ccccc5n6-c5ccc6oc7ccc(-c8cccc(-c9ccc%10oc%11ccc(-n%12c%13ccccc%13c%13ccccc%13%12)cc%11c%10c9)c8)cc7c6c5)ccc43)c2)cc1. The third-order valence-electron chi connectivity index (χ3n) is 23.2. The van der Waals surface area contributed by atoms with Gasteiger partial charge in [-0.05, 0) is 193 Å². The predicted octanol–water partition coefficient (Wildman–Crippen LogP) is 25.2. The number of furan rings is 2. The lowest BCUT2D eigenvalue weighted by Gasteiger charge is -2.35. The van der Waals surface area contributed by atoms with E-state index in [0.717, 1.165) is 105 Å². The Morgan fingerprint density at radius 1 is 0.211 bits per heavy atom. The quantitative estimate of drug-likeness (QED) is 0.0956. The standard InChI is InChI=1S/C102H63N3O2SSi/c1-3-26-73(27-4-1)109(74-28-5-2-6-29-74,75-30-18-24-68(57-75)78-38-20-39-83-82-35-11-16-45-100(82)108-102(78)83)76-31-19-25-70(61-76)103-92-42-14-9-34-81(92)85-60-69(46-51-94(85)103)77-37-21-44-95-101(77)84-36-10-15-43-93(84)105(95)72-50-55-99-89(63-72)87-59-67(48-53-97(87)107-99)65-23-17-22-64(56-65)66-47-52-96-86(58-66)88-62-71(49-54-98(88)106-96)104-90-40-12-7-32-79(90)80-33-8-13-41-91(80)104/h1-63H. The van der Waals surface area contributed by atoms with Crippen molar-refractivity contribution in [3.8, 4) is 61.6 Å². The molecule has 0 spiro atoms. The van der Waals surface area contributed by atoms with Crippen molar-refractivity contribution in [3.05, 3.63) is 382 Å². The Hall–Kier alpha value is -13.8. The molecule has 109 heavy (non-hydrogen) atoms. The summed E-state index contributed by atoms with van der Waals surface area (Å²) in [6, 6.07) is 142. The summed E-state index contributed by atoms with van der Waals surface area (Å²) >= 11 is 1.89. The Kier molecular flexibility index (Phi) is 13.6. The molecule has 6 heterocycles. The zero-order valence-corrected chi connectivity index (χ0v) is 60.8. The maximum absolute atomic E-state index is 6.69. The molecule has 0 aliphatic rings. The van der Waals surface area contributed by atoms with E-state index in [9.17, 15) is 0 Å².